The summed E-state index contributed by atoms with van der Waals surface area (Å²) in [6.07, 6.45) is 7.47. The van der Waals surface area contributed by atoms with Crippen molar-refractivity contribution in [1.29, 1.82) is 0 Å². The minimum Gasteiger partial charge on any atom is -0.385 e. The van der Waals surface area contributed by atoms with Gasteiger partial charge in [0.15, 0.2) is 5.82 Å². The van der Waals surface area contributed by atoms with Crippen LogP contribution in [0.2, 0.25) is 0 Å². The van der Waals surface area contributed by atoms with Crippen molar-refractivity contribution in [2.45, 2.75) is 73.1 Å². The van der Waals surface area contributed by atoms with Gasteiger partial charge in [0.2, 0.25) is 0 Å². The van der Waals surface area contributed by atoms with Crippen molar-refractivity contribution in [3.63, 3.8) is 0 Å². The fourth-order valence-electron chi connectivity index (χ4n) is 5.38. The number of nitrogen functional groups attached to an aromatic ring is 1. The molecule has 5 heterocycles. The topological polar surface area (TPSA) is 114 Å². The molecular formula is C30H38N8. The van der Waals surface area contributed by atoms with E-state index in [9.17, 15) is 0 Å². The van der Waals surface area contributed by atoms with Crippen molar-refractivity contribution < 1.29 is 0 Å². The van der Waals surface area contributed by atoms with Crippen molar-refractivity contribution in [2.24, 2.45) is 5.92 Å². The summed E-state index contributed by atoms with van der Waals surface area (Å²) in [6.45, 7) is 15.3. The Balaban J connectivity index is 1.72. The van der Waals surface area contributed by atoms with Gasteiger partial charge >= 0.3 is 0 Å². The largest absolute Gasteiger partial charge is 0.385 e. The van der Waals surface area contributed by atoms with E-state index in [1.807, 2.05) is 16.9 Å². The Morgan fingerprint density at radius 2 is 1.79 bits per heavy atom. The molecule has 0 aliphatic carbocycles. The number of nitrogens with one attached hydrogen (secondary N) is 2. The van der Waals surface area contributed by atoms with Crippen LogP contribution in [0.5, 0.6) is 0 Å². The standard InChI is InChI=1S/C30H38N8/c1-8-9-20(25(16(2)3)21-10-11-32-28(21)31)23-13-22-26(17(4)5)36-29(37-30(22)35-23)19-12-24-27(18(6)7)33-15-34-38(24)14-19/h10-18,32H,8-9,31H2,1-7H3,(H,35,36,37)/b25-20+. The first-order valence-corrected chi connectivity index (χ1v) is 13.6. The Labute approximate surface area is 223 Å². The highest BCUT2D eigenvalue weighted by Crippen LogP contribution is 2.39. The number of hydrogen-bond acceptors (Lipinski definition) is 5. The number of rotatable bonds is 8. The van der Waals surface area contributed by atoms with Crippen LogP contribution in [0, 0.1) is 5.92 Å². The fraction of sp³-hybridized carbons (Fsp3) is 0.400. The molecule has 5 aromatic rings. The van der Waals surface area contributed by atoms with E-state index in [4.69, 9.17) is 15.7 Å². The van der Waals surface area contributed by atoms with Crippen LogP contribution in [-0.2, 0) is 0 Å². The van der Waals surface area contributed by atoms with Crippen molar-refractivity contribution in [3.05, 3.63) is 59.6 Å². The van der Waals surface area contributed by atoms with Crippen LogP contribution >= 0.6 is 0 Å². The molecule has 0 amide bonds. The lowest BCUT2D eigenvalue weighted by atomic mass is 9.88. The van der Waals surface area contributed by atoms with Gasteiger partial charge < -0.3 is 15.7 Å². The van der Waals surface area contributed by atoms with Crippen molar-refractivity contribution in [1.82, 2.24) is 34.5 Å². The van der Waals surface area contributed by atoms with Crippen LogP contribution in [0.15, 0.2) is 36.9 Å². The number of hydrogen-bond donors (Lipinski definition) is 3. The van der Waals surface area contributed by atoms with Gasteiger partial charge in [-0.15, -0.1) is 0 Å². The molecule has 5 aromatic heterocycles. The molecule has 8 heteroatoms. The average Bonchev–Trinajstić information content (AvgIpc) is 3.60. The zero-order valence-corrected chi connectivity index (χ0v) is 23.4. The van der Waals surface area contributed by atoms with E-state index >= 15 is 0 Å². The molecule has 0 radical (unpaired) electrons. The van der Waals surface area contributed by atoms with Gasteiger partial charge in [-0.05, 0) is 53.5 Å². The summed E-state index contributed by atoms with van der Waals surface area (Å²) in [5.74, 6) is 2.21. The van der Waals surface area contributed by atoms with E-state index < -0.39 is 0 Å². The molecule has 8 nitrogen and oxygen atoms in total. The second kappa shape index (κ2) is 10.1. The minimum atomic E-state index is 0.231. The Morgan fingerprint density at radius 3 is 2.42 bits per heavy atom. The van der Waals surface area contributed by atoms with Gasteiger partial charge in [0.1, 0.15) is 17.8 Å². The Hall–Kier alpha value is -3.94. The summed E-state index contributed by atoms with van der Waals surface area (Å²) < 4.78 is 1.87. The number of nitrogens with zero attached hydrogens (tertiary/aromatic N) is 5. The highest BCUT2D eigenvalue weighted by atomic mass is 15.2. The number of fused-ring (bicyclic) bond motifs is 2. The Kier molecular flexibility index (Phi) is 6.82. The van der Waals surface area contributed by atoms with E-state index in [2.05, 4.69) is 86.7 Å². The lowest BCUT2D eigenvalue weighted by Gasteiger charge is -2.18. The van der Waals surface area contributed by atoms with Crippen LogP contribution in [0.4, 0.5) is 5.82 Å². The summed E-state index contributed by atoms with van der Waals surface area (Å²) in [5, 5.41) is 5.49. The summed E-state index contributed by atoms with van der Waals surface area (Å²) >= 11 is 0. The van der Waals surface area contributed by atoms with Gasteiger partial charge in [-0.2, -0.15) is 5.10 Å². The second-order valence-corrected chi connectivity index (χ2v) is 11.0. The number of allylic oxidation sites excluding steroid dienone is 2. The summed E-state index contributed by atoms with van der Waals surface area (Å²) in [5.41, 5.74) is 15.8. The predicted molar refractivity (Wildman–Crippen MR) is 156 cm³/mol. The average molecular weight is 511 g/mol. The third-order valence-electron chi connectivity index (χ3n) is 7.10. The molecule has 0 unspecified atom stereocenters. The number of aromatic nitrogens is 7. The molecule has 0 bridgehead atoms. The molecule has 0 aliphatic rings. The third kappa shape index (κ3) is 4.48. The second-order valence-electron chi connectivity index (χ2n) is 11.0. The fourth-order valence-corrected chi connectivity index (χ4v) is 5.38. The van der Waals surface area contributed by atoms with Crippen molar-refractivity contribution in [2.75, 3.05) is 5.73 Å². The van der Waals surface area contributed by atoms with Crippen molar-refractivity contribution in [3.8, 4) is 11.4 Å². The molecule has 0 saturated heterocycles. The molecule has 0 aliphatic heterocycles. The molecule has 0 aromatic carbocycles. The van der Waals surface area contributed by atoms with Gasteiger partial charge in [-0.1, -0.05) is 54.9 Å². The molecule has 4 N–H and O–H groups in total. The molecule has 0 atom stereocenters. The van der Waals surface area contributed by atoms with Crippen molar-refractivity contribution >= 4 is 33.5 Å². The molecule has 0 fully saturated rings. The summed E-state index contributed by atoms with van der Waals surface area (Å²) in [4.78, 5) is 21.4. The van der Waals surface area contributed by atoms with E-state index in [0.717, 1.165) is 57.6 Å². The number of H-pyrrole nitrogens is 2. The monoisotopic (exact) mass is 510 g/mol. The van der Waals surface area contributed by atoms with Crippen LogP contribution < -0.4 is 5.73 Å². The maximum absolute atomic E-state index is 6.34. The summed E-state index contributed by atoms with van der Waals surface area (Å²) in [7, 11) is 0. The SMILES string of the molecule is CCC/C(=C(\c1cc[nH]c1N)C(C)C)c1cc2c(C(C)C)nc(-c3cc4c(C(C)C)ncnn4c3)nc2[nH]1. The first-order valence-electron chi connectivity index (χ1n) is 13.6. The zero-order chi connectivity index (χ0) is 27.1. The Bertz CT molecular complexity index is 1630. The first-order chi connectivity index (χ1) is 18.2. The van der Waals surface area contributed by atoms with Gasteiger partial charge in [0.05, 0.1) is 16.9 Å². The van der Waals surface area contributed by atoms with Gasteiger partial charge in [-0.25, -0.2) is 19.5 Å². The molecule has 38 heavy (non-hydrogen) atoms. The third-order valence-corrected chi connectivity index (χ3v) is 7.10. The molecule has 198 valence electrons. The van der Waals surface area contributed by atoms with Crippen LogP contribution in [0.1, 0.15) is 95.8 Å². The van der Waals surface area contributed by atoms with Crippen LogP contribution in [0.25, 0.3) is 39.1 Å². The quantitative estimate of drug-likeness (QED) is 0.204. The minimum absolute atomic E-state index is 0.231. The van der Waals surface area contributed by atoms with E-state index in [1.54, 1.807) is 6.33 Å². The maximum Gasteiger partial charge on any atom is 0.163 e. The zero-order valence-electron chi connectivity index (χ0n) is 23.4. The van der Waals surface area contributed by atoms with Gasteiger partial charge in [-0.3, -0.25) is 0 Å². The van der Waals surface area contributed by atoms with E-state index in [-0.39, 0.29) is 11.8 Å². The highest BCUT2D eigenvalue weighted by molar-refractivity contribution is 5.96. The highest BCUT2D eigenvalue weighted by Gasteiger charge is 2.22. The number of anilines is 1. The molecular weight excluding hydrogens is 472 g/mol. The normalized spacial score (nSPS) is 13.0. The van der Waals surface area contributed by atoms with Crippen LogP contribution in [-0.4, -0.2) is 34.5 Å². The maximum atomic E-state index is 6.34. The van der Waals surface area contributed by atoms with Gasteiger partial charge in [0.25, 0.3) is 0 Å². The molecule has 0 saturated carbocycles. The predicted octanol–water partition coefficient (Wildman–Crippen LogP) is 7.19. The Morgan fingerprint density at radius 1 is 1.03 bits per heavy atom. The summed E-state index contributed by atoms with van der Waals surface area (Å²) in [6, 6.07) is 6.40. The van der Waals surface area contributed by atoms with E-state index in [1.165, 1.54) is 11.1 Å². The molecule has 0 spiro atoms. The molecule has 5 rings (SSSR count). The lowest BCUT2D eigenvalue weighted by Crippen LogP contribution is -2.02. The van der Waals surface area contributed by atoms with E-state index in [0.29, 0.717) is 17.6 Å². The number of nitrogens with two attached hydrogens (primary N) is 1. The van der Waals surface area contributed by atoms with Gasteiger partial charge in [0, 0.05) is 34.6 Å². The number of aromatic amines is 2. The smallest absolute Gasteiger partial charge is 0.163 e. The lowest BCUT2D eigenvalue weighted by molar-refractivity contribution is 0.786. The first kappa shape index (κ1) is 25.7. The van der Waals surface area contributed by atoms with Crippen LogP contribution in [0.3, 0.4) is 0 Å².